The topological polar surface area (TPSA) is 55.7 Å². The molecule has 0 amide bonds. The van der Waals surface area contributed by atoms with Gasteiger partial charge in [0.05, 0.1) is 6.54 Å². The third kappa shape index (κ3) is 2.97. The molecule has 0 aliphatic rings. The maximum Gasteiger partial charge on any atom is 0.250 e. The Balaban J connectivity index is 1.94. The number of nitrogens with one attached hydrogen (secondary N) is 2. The van der Waals surface area contributed by atoms with Crippen LogP contribution in [0.25, 0.3) is 16.7 Å². The number of hydrogen-bond donors (Lipinski definition) is 2. The number of nitriles is 1. The van der Waals surface area contributed by atoms with Crippen molar-refractivity contribution in [3.05, 3.63) is 74.8 Å². The number of para-hydroxylation sites is 2. The van der Waals surface area contributed by atoms with E-state index in [1.54, 1.807) is 6.07 Å². The number of rotatable bonds is 4. The Morgan fingerprint density at radius 3 is 2.68 bits per heavy atom. The fraction of sp³-hybridized carbons (Fsp3) is 0.182. The first kappa shape index (κ1) is 18.6. The van der Waals surface area contributed by atoms with Gasteiger partial charge in [-0.05, 0) is 43.2 Å². The van der Waals surface area contributed by atoms with Gasteiger partial charge < -0.3 is 5.32 Å². The van der Waals surface area contributed by atoms with Crippen molar-refractivity contribution in [3.63, 3.8) is 0 Å². The standard InChI is InChI=1S/C22H18Cl2N4/c1-3-16-13(2)17(11-25)22-27-19-6-4-5-7-20(19)28(22)21(16)26-12-14-8-9-15(23)10-18(14)24/h4-10H,3,12H2,1-2H3,(H,26,27)/p+1. The molecule has 2 heterocycles. The molecule has 2 aromatic carbocycles. The van der Waals surface area contributed by atoms with Gasteiger partial charge >= 0.3 is 0 Å². The SMILES string of the molecule is CCc1c(C)c(C#N)c2[nH]c3ccccc3[n+]2c1NCc1ccc(Cl)cc1Cl. The van der Waals surface area contributed by atoms with Crippen LogP contribution in [-0.4, -0.2) is 4.98 Å². The highest BCUT2D eigenvalue weighted by Crippen LogP contribution is 2.27. The lowest BCUT2D eigenvalue weighted by molar-refractivity contribution is -0.465. The number of imidazole rings is 1. The van der Waals surface area contributed by atoms with Crippen molar-refractivity contribution in [1.29, 1.82) is 5.26 Å². The summed E-state index contributed by atoms with van der Waals surface area (Å²) in [6.45, 7) is 4.66. The maximum absolute atomic E-state index is 9.79. The number of benzene rings is 2. The Bertz CT molecular complexity index is 1250. The second-order valence-electron chi connectivity index (χ2n) is 6.71. The number of aromatic nitrogens is 2. The zero-order valence-electron chi connectivity index (χ0n) is 15.6. The van der Waals surface area contributed by atoms with E-state index in [9.17, 15) is 5.26 Å². The molecule has 0 atom stereocenters. The summed E-state index contributed by atoms with van der Waals surface area (Å²) in [4.78, 5) is 3.40. The summed E-state index contributed by atoms with van der Waals surface area (Å²) >= 11 is 12.4. The molecule has 0 aliphatic heterocycles. The fourth-order valence-electron chi connectivity index (χ4n) is 3.73. The lowest BCUT2D eigenvalue weighted by atomic mass is 10.0. The molecule has 2 aromatic heterocycles. The fourth-order valence-corrected chi connectivity index (χ4v) is 4.20. The molecule has 4 aromatic rings. The van der Waals surface area contributed by atoms with E-state index in [0.717, 1.165) is 45.6 Å². The number of H-pyrrole nitrogens is 1. The van der Waals surface area contributed by atoms with Gasteiger partial charge in [0.1, 0.15) is 22.7 Å². The van der Waals surface area contributed by atoms with Crippen LogP contribution in [0.4, 0.5) is 5.82 Å². The summed E-state index contributed by atoms with van der Waals surface area (Å²) in [6.07, 6.45) is 0.805. The highest BCUT2D eigenvalue weighted by atomic mass is 35.5. The molecule has 28 heavy (non-hydrogen) atoms. The minimum atomic E-state index is 0.552. The van der Waals surface area contributed by atoms with Crippen molar-refractivity contribution >= 4 is 45.7 Å². The first-order valence-corrected chi connectivity index (χ1v) is 9.86. The van der Waals surface area contributed by atoms with E-state index in [4.69, 9.17) is 23.2 Å². The number of halogens is 2. The molecule has 0 bridgehead atoms. The lowest BCUT2D eigenvalue weighted by Gasteiger charge is -2.13. The molecule has 0 saturated heterocycles. The van der Waals surface area contributed by atoms with Gasteiger partial charge in [-0.2, -0.15) is 9.66 Å². The normalized spacial score (nSPS) is 11.1. The zero-order chi connectivity index (χ0) is 19.8. The quantitative estimate of drug-likeness (QED) is 0.433. The first-order chi connectivity index (χ1) is 13.5. The lowest BCUT2D eigenvalue weighted by Crippen LogP contribution is -2.29. The van der Waals surface area contributed by atoms with Crippen molar-refractivity contribution < 1.29 is 4.40 Å². The number of fused-ring (bicyclic) bond motifs is 3. The van der Waals surface area contributed by atoms with E-state index in [-0.39, 0.29) is 0 Å². The summed E-state index contributed by atoms with van der Waals surface area (Å²) in [6, 6.07) is 15.9. The predicted octanol–water partition coefficient (Wildman–Crippen LogP) is 5.57. The van der Waals surface area contributed by atoms with Crippen molar-refractivity contribution in [1.82, 2.24) is 4.98 Å². The number of nitrogens with zero attached hydrogens (tertiary/aromatic N) is 2. The first-order valence-electron chi connectivity index (χ1n) is 9.11. The van der Waals surface area contributed by atoms with E-state index in [1.807, 2.05) is 37.3 Å². The molecule has 140 valence electrons. The number of hydrogen-bond acceptors (Lipinski definition) is 2. The molecule has 0 radical (unpaired) electrons. The van der Waals surface area contributed by atoms with E-state index in [2.05, 4.69) is 33.8 Å². The Morgan fingerprint density at radius 2 is 1.96 bits per heavy atom. The largest absolute Gasteiger partial charge is 0.301 e. The second-order valence-corrected chi connectivity index (χ2v) is 7.55. The van der Waals surface area contributed by atoms with Gasteiger partial charge in [-0.15, -0.1) is 0 Å². The van der Waals surface area contributed by atoms with Gasteiger partial charge in [-0.3, -0.25) is 4.98 Å². The third-order valence-electron chi connectivity index (χ3n) is 5.12. The summed E-state index contributed by atoms with van der Waals surface area (Å²) in [5.41, 5.74) is 6.53. The van der Waals surface area contributed by atoms with Crippen LogP contribution in [0.15, 0.2) is 42.5 Å². The van der Waals surface area contributed by atoms with Crippen LogP contribution in [0.1, 0.15) is 29.2 Å². The zero-order valence-corrected chi connectivity index (χ0v) is 17.1. The summed E-state index contributed by atoms with van der Waals surface area (Å²) in [5, 5.41) is 14.6. The van der Waals surface area contributed by atoms with Crippen molar-refractivity contribution in [2.24, 2.45) is 0 Å². The molecule has 0 aliphatic carbocycles. The molecule has 2 N–H and O–H groups in total. The average Bonchev–Trinajstić information content (AvgIpc) is 3.06. The van der Waals surface area contributed by atoms with Crippen LogP contribution < -0.4 is 9.72 Å². The monoisotopic (exact) mass is 409 g/mol. The second kappa shape index (κ2) is 7.35. The van der Waals surface area contributed by atoms with Crippen LogP contribution in [0, 0.1) is 18.3 Å². The minimum Gasteiger partial charge on any atom is -0.301 e. The summed E-state index contributed by atoms with van der Waals surface area (Å²) in [5.74, 6) is 0.970. The van der Waals surface area contributed by atoms with E-state index >= 15 is 0 Å². The van der Waals surface area contributed by atoms with Crippen LogP contribution in [-0.2, 0) is 13.0 Å². The van der Waals surface area contributed by atoms with Gasteiger partial charge in [-0.25, -0.2) is 0 Å². The number of aromatic amines is 1. The molecule has 4 rings (SSSR count). The molecule has 6 heteroatoms. The molecule has 4 nitrogen and oxygen atoms in total. The Labute approximate surface area is 173 Å². The molecule has 0 saturated carbocycles. The maximum atomic E-state index is 9.79. The predicted molar refractivity (Wildman–Crippen MR) is 114 cm³/mol. The summed E-state index contributed by atoms with van der Waals surface area (Å²) in [7, 11) is 0. The molecular formula is C22H19Cl2N4+. The van der Waals surface area contributed by atoms with Gasteiger partial charge in [0, 0.05) is 21.2 Å². The summed E-state index contributed by atoms with van der Waals surface area (Å²) < 4.78 is 2.10. The highest BCUT2D eigenvalue weighted by Gasteiger charge is 2.24. The highest BCUT2D eigenvalue weighted by molar-refractivity contribution is 6.35. The van der Waals surface area contributed by atoms with Crippen molar-refractivity contribution in [2.45, 2.75) is 26.8 Å². The molecular weight excluding hydrogens is 391 g/mol. The van der Waals surface area contributed by atoms with Crippen LogP contribution >= 0.6 is 23.2 Å². The Kier molecular flexibility index (Phi) is 4.89. The molecule has 0 fully saturated rings. The van der Waals surface area contributed by atoms with Gasteiger partial charge in [0.2, 0.25) is 11.5 Å². The Hall–Kier alpha value is -2.74. The van der Waals surface area contributed by atoms with Gasteiger partial charge in [-0.1, -0.05) is 48.3 Å². The van der Waals surface area contributed by atoms with Crippen LogP contribution in [0.5, 0.6) is 0 Å². The number of pyridine rings is 1. The van der Waals surface area contributed by atoms with Crippen molar-refractivity contribution in [3.8, 4) is 6.07 Å². The van der Waals surface area contributed by atoms with Crippen molar-refractivity contribution in [2.75, 3.05) is 5.32 Å². The van der Waals surface area contributed by atoms with E-state index in [1.165, 1.54) is 0 Å². The van der Waals surface area contributed by atoms with Gasteiger partial charge in [0.25, 0.3) is 0 Å². The van der Waals surface area contributed by atoms with E-state index in [0.29, 0.717) is 22.2 Å². The molecule has 0 unspecified atom stereocenters. The number of anilines is 1. The Morgan fingerprint density at radius 1 is 1.18 bits per heavy atom. The van der Waals surface area contributed by atoms with Crippen LogP contribution in [0.3, 0.4) is 0 Å². The van der Waals surface area contributed by atoms with Crippen LogP contribution in [0.2, 0.25) is 10.0 Å². The average molecular weight is 410 g/mol. The van der Waals surface area contributed by atoms with E-state index < -0.39 is 0 Å². The minimum absolute atomic E-state index is 0.552. The molecule has 0 spiro atoms. The smallest absolute Gasteiger partial charge is 0.250 e. The third-order valence-corrected chi connectivity index (χ3v) is 5.71. The van der Waals surface area contributed by atoms with Gasteiger partial charge in [0.15, 0.2) is 0 Å².